The third-order valence-electron chi connectivity index (χ3n) is 3.86. The van der Waals surface area contributed by atoms with Gasteiger partial charge in [-0.25, -0.2) is 0 Å². The monoisotopic (exact) mass is 294 g/mol. The van der Waals surface area contributed by atoms with E-state index in [1.54, 1.807) is 11.3 Å². The van der Waals surface area contributed by atoms with E-state index in [1.165, 1.54) is 43.6 Å². The average Bonchev–Trinajstić information content (AvgIpc) is 2.82. The number of likely N-dealkylation sites (tertiary alicyclic amines) is 1. The van der Waals surface area contributed by atoms with Gasteiger partial charge in [0.05, 0.1) is 0 Å². The lowest BCUT2D eigenvalue weighted by atomic mass is 10.2. The summed E-state index contributed by atoms with van der Waals surface area (Å²) in [5.41, 5.74) is 0. The van der Waals surface area contributed by atoms with Crippen LogP contribution in [-0.4, -0.2) is 37.0 Å². The SMILES string of the molecule is O=C(CCCc1cccs1)NCCN1CCCCCC1. The summed E-state index contributed by atoms with van der Waals surface area (Å²) in [7, 11) is 0. The summed E-state index contributed by atoms with van der Waals surface area (Å²) in [5.74, 6) is 0.205. The number of amides is 1. The molecule has 1 aromatic rings. The van der Waals surface area contributed by atoms with Crippen LogP contribution in [0, 0.1) is 0 Å². The van der Waals surface area contributed by atoms with Crippen molar-refractivity contribution in [3.63, 3.8) is 0 Å². The van der Waals surface area contributed by atoms with E-state index in [2.05, 4.69) is 27.7 Å². The molecule has 1 N–H and O–H groups in total. The van der Waals surface area contributed by atoms with Gasteiger partial charge in [0.15, 0.2) is 0 Å². The Kier molecular flexibility index (Phi) is 7.09. The zero-order chi connectivity index (χ0) is 14.0. The van der Waals surface area contributed by atoms with Crippen molar-refractivity contribution in [3.8, 4) is 0 Å². The lowest BCUT2D eigenvalue weighted by Crippen LogP contribution is -2.35. The molecular weight excluding hydrogens is 268 g/mol. The van der Waals surface area contributed by atoms with Crippen LogP contribution in [0.3, 0.4) is 0 Å². The van der Waals surface area contributed by atoms with Gasteiger partial charge < -0.3 is 10.2 Å². The summed E-state index contributed by atoms with van der Waals surface area (Å²) in [6.45, 7) is 4.22. The van der Waals surface area contributed by atoms with Crippen molar-refractivity contribution >= 4 is 17.2 Å². The molecule has 2 rings (SSSR count). The van der Waals surface area contributed by atoms with Gasteiger partial charge in [0.1, 0.15) is 0 Å². The van der Waals surface area contributed by atoms with Crippen molar-refractivity contribution in [2.45, 2.75) is 44.9 Å². The number of hydrogen-bond acceptors (Lipinski definition) is 3. The van der Waals surface area contributed by atoms with E-state index in [-0.39, 0.29) is 5.91 Å². The van der Waals surface area contributed by atoms with Gasteiger partial charge in [-0.2, -0.15) is 0 Å². The molecule has 0 aromatic carbocycles. The van der Waals surface area contributed by atoms with E-state index in [9.17, 15) is 4.79 Å². The Hall–Kier alpha value is -0.870. The largest absolute Gasteiger partial charge is 0.355 e. The van der Waals surface area contributed by atoms with Crippen LogP contribution in [0.1, 0.15) is 43.4 Å². The first-order valence-corrected chi connectivity index (χ1v) is 8.74. The molecule has 0 bridgehead atoms. The van der Waals surface area contributed by atoms with Crippen LogP contribution in [0.4, 0.5) is 0 Å². The highest BCUT2D eigenvalue weighted by Gasteiger charge is 2.09. The minimum absolute atomic E-state index is 0.205. The number of rotatable bonds is 7. The molecule has 1 fully saturated rings. The number of carbonyl (C=O) groups excluding carboxylic acids is 1. The quantitative estimate of drug-likeness (QED) is 0.838. The van der Waals surface area contributed by atoms with Gasteiger partial charge in [0, 0.05) is 24.4 Å². The van der Waals surface area contributed by atoms with E-state index < -0.39 is 0 Å². The molecule has 0 atom stereocenters. The molecule has 20 heavy (non-hydrogen) atoms. The van der Waals surface area contributed by atoms with Crippen LogP contribution in [0.2, 0.25) is 0 Å². The maximum absolute atomic E-state index is 11.8. The molecule has 1 aliphatic heterocycles. The second kappa shape index (κ2) is 9.14. The highest BCUT2D eigenvalue weighted by Crippen LogP contribution is 2.12. The van der Waals surface area contributed by atoms with Gasteiger partial charge in [0.25, 0.3) is 0 Å². The minimum atomic E-state index is 0.205. The molecule has 3 nitrogen and oxygen atoms in total. The average molecular weight is 294 g/mol. The third kappa shape index (κ3) is 6.06. The molecule has 0 saturated carbocycles. The van der Waals surface area contributed by atoms with Crippen LogP contribution in [0.15, 0.2) is 17.5 Å². The van der Waals surface area contributed by atoms with Gasteiger partial charge in [-0.05, 0) is 50.2 Å². The topological polar surface area (TPSA) is 32.3 Å². The van der Waals surface area contributed by atoms with Crippen LogP contribution in [0.5, 0.6) is 0 Å². The van der Waals surface area contributed by atoms with Gasteiger partial charge >= 0.3 is 0 Å². The lowest BCUT2D eigenvalue weighted by Gasteiger charge is -2.19. The molecule has 1 saturated heterocycles. The predicted molar refractivity (Wildman–Crippen MR) is 85.2 cm³/mol. The summed E-state index contributed by atoms with van der Waals surface area (Å²) in [6.07, 6.45) is 7.99. The Morgan fingerprint density at radius 1 is 1.25 bits per heavy atom. The fourth-order valence-corrected chi connectivity index (χ4v) is 3.43. The van der Waals surface area contributed by atoms with Crippen molar-refractivity contribution in [2.75, 3.05) is 26.2 Å². The smallest absolute Gasteiger partial charge is 0.220 e. The molecule has 2 heterocycles. The first kappa shape index (κ1) is 15.5. The van der Waals surface area contributed by atoms with Crippen LogP contribution in [-0.2, 0) is 11.2 Å². The summed E-state index contributed by atoms with van der Waals surface area (Å²) in [5, 5.41) is 5.15. The van der Waals surface area contributed by atoms with Gasteiger partial charge in [-0.1, -0.05) is 18.9 Å². The molecule has 0 radical (unpaired) electrons. The Morgan fingerprint density at radius 3 is 2.75 bits per heavy atom. The predicted octanol–water partition coefficient (Wildman–Crippen LogP) is 3.06. The summed E-state index contributed by atoms with van der Waals surface area (Å²) >= 11 is 1.77. The molecule has 0 spiro atoms. The Morgan fingerprint density at radius 2 is 2.05 bits per heavy atom. The first-order valence-electron chi connectivity index (χ1n) is 7.86. The van der Waals surface area contributed by atoms with Gasteiger partial charge in [0.2, 0.25) is 5.91 Å². The van der Waals surface area contributed by atoms with Crippen LogP contribution >= 0.6 is 11.3 Å². The van der Waals surface area contributed by atoms with E-state index in [4.69, 9.17) is 0 Å². The normalized spacial score (nSPS) is 16.8. The number of aryl methyl sites for hydroxylation is 1. The highest BCUT2D eigenvalue weighted by molar-refractivity contribution is 7.09. The molecule has 1 amide bonds. The number of nitrogens with zero attached hydrogens (tertiary/aromatic N) is 1. The van der Waals surface area contributed by atoms with E-state index in [0.29, 0.717) is 6.42 Å². The molecule has 1 aliphatic rings. The van der Waals surface area contributed by atoms with Crippen molar-refractivity contribution < 1.29 is 4.79 Å². The van der Waals surface area contributed by atoms with E-state index in [0.717, 1.165) is 25.9 Å². The van der Waals surface area contributed by atoms with E-state index >= 15 is 0 Å². The lowest BCUT2D eigenvalue weighted by molar-refractivity contribution is -0.121. The highest BCUT2D eigenvalue weighted by atomic mass is 32.1. The standard InChI is InChI=1S/C16H26N2OS/c19-16(9-5-7-15-8-6-14-20-15)17-10-13-18-11-3-1-2-4-12-18/h6,8,14H,1-5,7,9-13H2,(H,17,19). The maximum Gasteiger partial charge on any atom is 0.220 e. The Labute approximate surface area is 126 Å². The molecule has 4 heteroatoms. The molecule has 0 aliphatic carbocycles. The van der Waals surface area contributed by atoms with E-state index in [1.807, 2.05) is 0 Å². The molecule has 0 unspecified atom stereocenters. The van der Waals surface area contributed by atoms with Crippen molar-refractivity contribution in [3.05, 3.63) is 22.4 Å². The zero-order valence-electron chi connectivity index (χ0n) is 12.3. The summed E-state index contributed by atoms with van der Waals surface area (Å²) in [4.78, 5) is 15.6. The Bertz CT molecular complexity index is 370. The van der Waals surface area contributed by atoms with Crippen LogP contribution in [0.25, 0.3) is 0 Å². The van der Waals surface area contributed by atoms with Gasteiger partial charge in [-0.15, -0.1) is 11.3 Å². The van der Waals surface area contributed by atoms with Crippen molar-refractivity contribution in [1.29, 1.82) is 0 Å². The first-order chi connectivity index (χ1) is 9.84. The Balaban J connectivity index is 1.51. The molecule has 112 valence electrons. The fraction of sp³-hybridized carbons (Fsp3) is 0.688. The summed E-state index contributed by atoms with van der Waals surface area (Å²) in [6, 6.07) is 4.21. The van der Waals surface area contributed by atoms with Crippen molar-refractivity contribution in [2.24, 2.45) is 0 Å². The minimum Gasteiger partial charge on any atom is -0.355 e. The zero-order valence-corrected chi connectivity index (χ0v) is 13.1. The van der Waals surface area contributed by atoms with Gasteiger partial charge in [-0.3, -0.25) is 4.79 Å². The fourth-order valence-electron chi connectivity index (χ4n) is 2.68. The second-order valence-electron chi connectivity index (χ2n) is 5.54. The number of hydrogen-bond donors (Lipinski definition) is 1. The second-order valence-corrected chi connectivity index (χ2v) is 6.57. The van der Waals surface area contributed by atoms with Crippen molar-refractivity contribution in [1.82, 2.24) is 10.2 Å². The molecular formula is C16H26N2OS. The number of nitrogens with one attached hydrogen (secondary N) is 1. The maximum atomic E-state index is 11.8. The number of carbonyl (C=O) groups is 1. The number of thiophene rings is 1. The third-order valence-corrected chi connectivity index (χ3v) is 4.79. The molecule has 1 aromatic heterocycles. The van der Waals surface area contributed by atoms with Crippen LogP contribution < -0.4 is 5.32 Å². The summed E-state index contributed by atoms with van der Waals surface area (Å²) < 4.78 is 0.